The zero-order valence-electron chi connectivity index (χ0n) is 14.7. The van der Waals surface area contributed by atoms with Gasteiger partial charge < -0.3 is 10.1 Å². The third-order valence-corrected chi connectivity index (χ3v) is 5.68. The molecule has 1 saturated heterocycles. The Kier molecular flexibility index (Phi) is 5.87. The lowest BCUT2D eigenvalue weighted by molar-refractivity contribution is -0.126. The second-order valence-corrected chi connectivity index (χ2v) is 8.30. The van der Waals surface area contributed by atoms with E-state index >= 15 is 0 Å². The maximum atomic E-state index is 12.7. The maximum Gasteiger partial charge on any atom is 0.238 e. The number of nitrogens with zero attached hydrogens (tertiary/aromatic N) is 1. The molecule has 134 valence electrons. The Labute approximate surface area is 144 Å². The highest BCUT2D eigenvalue weighted by atomic mass is 32.2. The summed E-state index contributed by atoms with van der Waals surface area (Å²) in [5.74, 6) is 0.452. The third-order valence-electron chi connectivity index (χ3n) is 4.39. The number of ether oxygens (including phenoxy) is 1. The molecule has 0 radical (unpaired) electrons. The summed E-state index contributed by atoms with van der Waals surface area (Å²) >= 11 is 0. The fraction of sp³-hybridized carbons (Fsp3) is 0.588. The Balaban J connectivity index is 2.17. The van der Waals surface area contributed by atoms with Crippen molar-refractivity contribution in [1.29, 1.82) is 0 Å². The Bertz CT molecular complexity index is 703. The summed E-state index contributed by atoms with van der Waals surface area (Å²) in [6.07, 6.45) is 3.35. The Hall–Kier alpha value is -1.60. The van der Waals surface area contributed by atoms with E-state index in [4.69, 9.17) is 4.74 Å². The number of nitrogens with one attached hydrogen (secondary N) is 1. The number of benzene rings is 1. The molecule has 1 N–H and O–H groups in total. The van der Waals surface area contributed by atoms with Crippen LogP contribution in [-0.2, 0) is 14.8 Å². The van der Waals surface area contributed by atoms with E-state index in [2.05, 4.69) is 5.32 Å². The topological polar surface area (TPSA) is 75.7 Å². The fourth-order valence-corrected chi connectivity index (χ4v) is 4.27. The SMILES string of the molecule is COc1ccc(C)cc1C(C)NC(=O)C1CCCCN1S(C)(=O)=O. The van der Waals surface area contributed by atoms with Crippen LogP contribution in [-0.4, -0.2) is 44.6 Å². The first-order valence-electron chi connectivity index (χ1n) is 8.15. The van der Waals surface area contributed by atoms with Crippen molar-refractivity contribution in [1.82, 2.24) is 9.62 Å². The summed E-state index contributed by atoms with van der Waals surface area (Å²) in [7, 11) is -1.80. The van der Waals surface area contributed by atoms with Crippen LogP contribution in [0.5, 0.6) is 5.75 Å². The number of amides is 1. The van der Waals surface area contributed by atoms with Crippen molar-refractivity contribution in [3.8, 4) is 5.75 Å². The highest BCUT2D eigenvalue weighted by Crippen LogP contribution is 2.27. The van der Waals surface area contributed by atoms with Gasteiger partial charge in [0, 0.05) is 12.1 Å². The molecule has 7 heteroatoms. The second-order valence-electron chi connectivity index (χ2n) is 6.36. The van der Waals surface area contributed by atoms with Gasteiger partial charge in [-0.05, 0) is 32.8 Å². The molecule has 1 fully saturated rings. The lowest BCUT2D eigenvalue weighted by atomic mass is 10.0. The first-order chi connectivity index (χ1) is 11.2. The van der Waals surface area contributed by atoms with E-state index < -0.39 is 16.1 Å². The summed E-state index contributed by atoms with van der Waals surface area (Å²) in [6.45, 7) is 4.26. The number of hydrogen-bond donors (Lipinski definition) is 1. The van der Waals surface area contributed by atoms with Gasteiger partial charge in [0.05, 0.1) is 19.4 Å². The van der Waals surface area contributed by atoms with Crippen LogP contribution in [0.25, 0.3) is 0 Å². The average Bonchev–Trinajstić information content (AvgIpc) is 2.53. The molecule has 2 rings (SSSR count). The molecule has 1 aliphatic rings. The Morgan fingerprint density at radius 2 is 2.08 bits per heavy atom. The normalized spacial score (nSPS) is 20.4. The van der Waals surface area contributed by atoms with E-state index in [1.54, 1.807) is 7.11 Å². The Morgan fingerprint density at radius 3 is 2.71 bits per heavy atom. The van der Waals surface area contributed by atoms with Crippen molar-refractivity contribution >= 4 is 15.9 Å². The molecule has 1 amide bonds. The second kappa shape index (κ2) is 7.53. The number of aryl methyl sites for hydroxylation is 1. The van der Waals surface area contributed by atoms with Gasteiger partial charge in [-0.1, -0.05) is 24.1 Å². The van der Waals surface area contributed by atoms with Gasteiger partial charge in [-0.2, -0.15) is 4.31 Å². The molecule has 0 spiro atoms. The Morgan fingerprint density at radius 1 is 1.38 bits per heavy atom. The third kappa shape index (κ3) is 4.27. The van der Waals surface area contributed by atoms with E-state index in [0.717, 1.165) is 30.2 Å². The molecule has 1 aliphatic heterocycles. The highest BCUT2D eigenvalue weighted by Gasteiger charge is 2.35. The van der Waals surface area contributed by atoms with Gasteiger partial charge in [-0.25, -0.2) is 8.42 Å². The van der Waals surface area contributed by atoms with E-state index in [1.165, 1.54) is 4.31 Å². The summed E-state index contributed by atoms with van der Waals surface area (Å²) < 4.78 is 30.5. The zero-order chi connectivity index (χ0) is 17.9. The van der Waals surface area contributed by atoms with Crippen molar-refractivity contribution in [2.24, 2.45) is 0 Å². The largest absolute Gasteiger partial charge is 0.496 e. The van der Waals surface area contributed by atoms with Crippen LogP contribution >= 0.6 is 0 Å². The molecule has 6 nitrogen and oxygen atoms in total. The molecule has 0 saturated carbocycles. The molecule has 1 aromatic rings. The minimum absolute atomic E-state index is 0.254. The number of carbonyl (C=O) groups is 1. The minimum Gasteiger partial charge on any atom is -0.496 e. The first kappa shape index (κ1) is 18.7. The molecule has 0 aliphatic carbocycles. The molecular formula is C17H26N2O4S. The van der Waals surface area contributed by atoms with E-state index in [-0.39, 0.29) is 11.9 Å². The van der Waals surface area contributed by atoms with Crippen LogP contribution in [0.2, 0.25) is 0 Å². The lowest BCUT2D eigenvalue weighted by Gasteiger charge is -2.33. The quantitative estimate of drug-likeness (QED) is 0.877. The minimum atomic E-state index is -3.39. The van der Waals surface area contributed by atoms with E-state index in [9.17, 15) is 13.2 Å². The molecule has 0 aromatic heterocycles. The number of rotatable bonds is 5. The lowest BCUT2D eigenvalue weighted by Crippen LogP contribution is -2.51. The monoisotopic (exact) mass is 354 g/mol. The van der Waals surface area contributed by atoms with Crippen molar-refractivity contribution in [3.05, 3.63) is 29.3 Å². The van der Waals surface area contributed by atoms with Crippen LogP contribution in [0.15, 0.2) is 18.2 Å². The molecule has 2 unspecified atom stereocenters. The van der Waals surface area contributed by atoms with Gasteiger partial charge in [0.25, 0.3) is 0 Å². The zero-order valence-corrected chi connectivity index (χ0v) is 15.5. The van der Waals surface area contributed by atoms with Gasteiger partial charge in [-0.15, -0.1) is 0 Å². The molecule has 1 aromatic carbocycles. The van der Waals surface area contributed by atoms with Gasteiger partial charge in [0.1, 0.15) is 11.8 Å². The molecule has 24 heavy (non-hydrogen) atoms. The summed E-state index contributed by atoms with van der Waals surface area (Å²) in [4.78, 5) is 12.7. The predicted octanol–water partition coefficient (Wildman–Crippen LogP) is 1.99. The predicted molar refractivity (Wildman–Crippen MR) is 93.5 cm³/mol. The molecule has 2 atom stereocenters. The molecule has 1 heterocycles. The smallest absolute Gasteiger partial charge is 0.238 e. The number of carbonyl (C=O) groups excluding carboxylic acids is 1. The van der Waals surface area contributed by atoms with Crippen LogP contribution in [0.4, 0.5) is 0 Å². The fourth-order valence-electron chi connectivity index (χ4n) is 3.14. The van der Waals surface area contributed by atoms with Crippen molar-refractivity contribution < 1.29 is 17.9 Å². The van der Waals surface area contributed by atoms with Gasteiger partial charge in [0.2, 0.25) is 15.9 Å². The molecular weight excluding hydrogens is 328 g/mol. The van der Waals surface area contributed by atoms with Crippen molar-refractivity contribution in [3.63, 3.8) is 0 Å². The first-order valence-corrected chi connectivity index (χ1v) is 10.0. The number of methoxy groups -OCH3 is 1. The summed E-state index contributed by atoms with van der Waals surface area (Å²) in [5.41, 5.74) is 1.95. The highest BCUT2D eigenvalue weighted by molar-refractivity contribution is 7.88. The van der Waals surface area contributed by atoms with Crippen LogP contribution in [0.3, 0.4) is 0 Å². The summed E-state index contributed by atoms with van der Waals surface area (Å²) in [6, 6.07) is 4.89. The van der Waals surface area contributed by atoms with Gasteiger partial charge in [0.15, 0.2) is 0 Å². The number of piperidine rings is 1. The van der Waals surface area contributed by atoms with Crippen LogP contribution in [0.1, 0.15) is 43.4 Å². The van der Waals surface area contributed by atoms with Gasteiger partial charge in [-0.3, -0.25) is 4.79 Å². The van der Waals surface area contributed by atoms with Crippen LogP contribution in [0, 0.1) is 6.92 Å². The maximum absolute atomic E-state index is 12.7. The van der Waals surface area contributed by atoms with E-state index in [0.29, 0.717) is 18.7 Å². The van der Waals surface area contributed by atoms with Gasteiger partial charge >= 0.3 is 0 Å². The van der Waals surface area contributed by atoms with E-state index in [1.807, 2.05) is 32.0 Å². The summed E-state index contributed by atoms with van der Waals surface area (Å²) in [5, 5.41) is 2.94. The molecule has 0 bridgehead atoms. The van der Waals surface area contributed by atoms with Crippen molar-refractivity contribution in [2.45, 2.75) is 45.2 Å². The number of sulfonamides is 1. The standard InChI is InChI=1S/C17H26N2O4S/c1-12-8-9-16(23-3)14(11-12)13(2)18-17(20)15-7-5-6-10-19(15)24(4,21)22/h8-9,11,13,15H,5-7,10H2,1-4H3,(H,18,20). The number of hydrogen-bond acceptors (Lipinski definition) is 4. The van der Waals surface area contributed by atoms with Crippen LogP contribution < -0.4 is 10.1 Å². The average molecular weight is 354 g/mol. The van der Waals surface area contributed by atoms with Crippen molar-refractivity contribution in [2.75, 3.05) is 19.9 Å².